The largest absolute Gasteiger partial charge is 0.328 e. The number of hydrogen-bond acceptors (Lipinski definition) is 5. The smallest absolute Gasteiger partial charge is 0.324 e. The number of carbonyl (C=O) groups excluding carboxylic acids is 3. The maximum atomic E-state index is 12.9. The van der Waals surface area contributed by atoms with Crippen LogP contribution in [0.25, 0.3) is 17.1 Å². The van der Waals surface area contributed by atoms with Gasteiger partial charge in [0.2, 0.25) is 5.91 Å². The van der Waals surface area contributed by atoms with E-state index in [0.29, 0.717) is 11.3 Å². The highest BCUT2D eigenvalue weighted by molar-refractivity contribution is 8.18. The van der Waals surface area contributed by atoms with Crippen LogP contribution < -0.4 is 11.0 Å². The summed E-state index contributed by atoms with van der Waals surface area (Å²) in [6, 6.07) is 9.30. The van der Waals surface area contributed by atoms with Crippen LogP contribution in [0, 0.1) is 20.8 Å². The quantitative estimate of drug-likeness (QED) is 0.597. The molecular formula is C24H24N4O4S. The summed E-state index contributed by atoms with van der Waals surface area (Å²) in [6.45, 7) is 5.42. The van der Waals surface area contributed by atoms with Crippen LogP contribution >= 0.6 is 11.8 Å². The van der Waals surface area contributed by atoms with Gasteiger partial charge in [0.05, 0.1) is 15.9 Å². The van der Waals surface area contributed by atoms with Gasteiger partial charge in [0, 0.05) is 19.8 Å². The van der Waals surface area contributed by atoms with Gasteiger partial charge in [-0.05, 0) is 67.4 Å². The van der Waals surface area contributed by atoms with Crippen molar-refractivity contribution in [2.45, 2.75) is 20.8 Å². The number of nitrogens with one attached hydrogen (secondary N) is 1. The van der Waals surface area contributed by atoms with Crippen molar-refractivity contribution in [3.8, 4) is 0 Å². The Morgan fingerprint density at radius 1 is 0.970 bits per heavy atom. The first-order valence-corrected chi connectivity index (χ1v) is 11.2. The van der Waals surface area contributed by atoms with Gasteiger partial charge in [-0.25, -0.2) is 4.79 Å². The highest BCUT2D eigenvalue weighted by atomic mass is 32.2. The van der Waals surface area contributed by atoms with Gasteiger partial charge >= 0.3 is 5.69 Å². The Morgan fingerprint density at radius 3 is 2.27 bits per heavy atom. The molecule has 8 nitrogen and oxygen atoms in total. The van der Waals surface area contributed by atoms with Gasteiger partial charge in [0.15, 0.2) is 0 Å². The van der Waals surface area contributed by atoms with E-state index in [1.54, 1.807) is 42.9 Å². The number of amides is 3. The van der Waals surface area contributed by atoms with Gasteiger partial charge in [0.1, 0.15) is 6.54 Å². The number of imidazole rings is 1. The lowest BCUT2D eigenvalue weighted by atomic mass is 10.1. The number of nitrogens with zero attached hydrogens (tertiary/aromatic N) is 3. The highest BCUT2D eigenvalue weighted by Crippen LogP contribution is 2.32. The molecule has 0 aliphatic carbocycles. The van der Waals surface area contributed by atoms with E-state index in [1.807, 2.05) is 32.9 Å². The van der Waals surface area contributed by atoms with Crippen molar-refractivity contribution < 1.29 is 14.4 Å². The van der Waals surface area contributed by atoms with Gasteiger partial charge in [-0.1, -0.05) is 23.8 Å². The third-order valence-electron chi connectivity index (χ3n) is 5.71. The number of benzene rings is 2. The van der Waals surface area contributed by atoms with E-state index in [9.17, 15) is 19.2 Å². The zero-order chi connectivity index (χ0) is 24.0. The number of anilines is 1. The van der Waals surface area contributed by atoms with Crippen LogP contribution in [0.1, 0.15) is 22.3 Å². The van der Waals surface area contributed by atoms with Gasteiger partial charge in [0.25, 0.3) is 11.1 Å². The zero-order valence-corrected chi connectivity index (χ0v) is 19.9. The van der Waals surface area contributed by atoms with Crippen molar-refractivity contribution in [3.63, 3.8) is 0 Å². The molecule has 1 aliphatic rings. The van der Waals surface area contributed by atoms with Crippen molar-refractivity contribution in [1.29, 1.82) is 0 Å². The molecule has 3 aromatic rings. The second-order valence-electron chi connectivity index (χ2n) is 8.24. The molecule has 0 unspecified atom stereocenters. The molecule has 0 saturated carbocycles. The highest BCUT2D eigenvalue weighted by Gasteiger charge is 2.36. The van der Waals surface area contributed by atoms with Crippen molar-refractivity contribution in [1.82, 2.24) is 14.0 Å². The van der Waals surface area contributed by atoms with Crippen LogP contribution in [0.15, 0.2) is 40.0 Å². The molecule has 1 aromatic heterocycles. The summed E-state index contributed by atoms with van der Waals surface area (Å²) in [5.74, 6) is -0.950. The van der Waals surface area contributed by atoms with E-state index >= 15 is 0 Å². The number of fused-ring (bicyclic) bond motifs is 1. The molecule has 1 aliphatic heterocycles. The van der Waals surface area contributed by atoms with Gasteiger partial charge in [-0.3, -0.25) is 28.4 Å². The summed E-state index contributed by atoms with van der Waals surface area (Å²) in [6.07, 6.45) is 1.61. The summed E-state index contributed by atoms with van der Waals surface area (Å²) in [5.41, 5.74) is 5.64. The Kier molecular flexibility index (Phi) is 5.75. The molecule has 1 N–H and O–H groups in total. The molecule has 1 fully saturated rings. The van der Waals surface area contributed by atoms with E-state index in [4.69, 9.17) is 0 Å². The van der Waals surface area contributed by atoms with E-state index in [0.717, 1.165) is 44.4 Å². The van der Waals surface area contributed by atoms with E-state index < -0.39 is 17.1 Å². The molecule has 2 heterocycles. The Balaban J connectivity index is 1.54. The van der Waals surface area contributed by atoms with Crippen molar-refractivity contribution in [3.05, 3.63) is 68.0 Å². The molecule has 1 saturated heterocycles. The molecule has 4 rings (SSSR count). The van der Waals surface area contributed by atoms with Crippen LogP contribution in [0.2, 0.25) is 0 Å². The number of aryl methyl sites for hydroxylation is 5. The van der Waals surface area contributed by atoms with Crippen molar-refractivity contribution in [2.24, 2.45) is 14.1 Å². The van der Waals surface area contributed by atoms with Gasteiger partial charge < -0.3 is 5.32 Å². The normalized spacial score (nSPS) is 15.2. The lowest BCUT2D eigenvalue weighted by Crippen LogP contribution is -2.36. The molecule has 2 aromatic carbocycles. The molecule has 0 bridgehead atoms. The first kappa shape index (κ1) is 22.6. The molecule has 33 heavy (non-hydrogen) atoms. The number of thioether (sulfide) groups is 1. The monoisotopic (exact) mass is 464 g/mol. The summed E-state index contributed by atoms with van der Waals surface area (Å²) < 4.78 is 3.07. The number of aromatic nitrogens is 2. The second kappa shape index (κ2) is 8.40. The minimum Gasteiger partial charge on any atom is -0.324 e. The van der Waals surface area contributed by atoms with Crippen LogP contribution in [-0.2, 0) is 23.7 Å². The Labute approximate surface area is 194 Å². The summed E-state index contributed by atoms with van der Waals surface area (Å²) in [5, 5.41) is 2.33. The average Bonchev–Trinajstić information content (AvgIpc) is 3.13. The number of imide groups is 1. The van der Waals surface area contributed by atoms with Crippen LogP contribution in [-0.4, -0.2) is 37.6 Å². The first-order valence-electron chi connectivity index (χ1n) is 10.4. The third kappa shape index (κ3) is 4.11. The van der Waals surface area contributed by atoms with Crippen LogP contribution in [0.5, 0.6) is 0 Å². The third-order valence-corrected chi connectivity index (χ3v) is 6.62. The fourth-order valence-electron chi connectivity index (χ4n) is 4.10. The number of rotatable bonds is 4. The number of carbonyl (C=O) groups is 3. The van der Waals surface area contributed by atoms with E-state index in [2.05, 4.69) is 5.32 Å². The second-order valence-corrected chi connectivity index (χ2v) is 9.23. The average molecular weight is 465 g/mol. The number of hydrogen-bond donors (Lipinski definition) is 1. The fraction of sp³-hybridized carbons (Fsp3) is 0.250. The molecule has 0 radical (unpaired) electrons. The molecule has 170 valence electrons. The molecule has 0 spiro atoms. The topological polar surface area (TPSA) is 93.4 Å². The Morgan fingerprint density at radius 2 is 1.61 bits per heavy atom. The van der Waals surface area contributed by atoms with E-state index in [-0.39, 0.29) is 17.1 Å². The Hall–Kier alpha value is -3.59. The molecular weight excluding hydrogens is 440 g/mol. The maximum absolute atomic E-state index is 12.9. The fourth-order valence-corrected chi connectivity index (χ4v) is 4.94. The minimum absolute atomic E-state index is 0.146. The van der Waals surface area contributed by atoms with Crippen LogP contribution in [0.4, 0.5) is 10.5 Å². The predicted octanol–water partition coefficient (Wildman–Crippen LogP) is 3.48. The lowest BCUT2D eigenvalue weighted by molar-refractivity contribution is -0.127. The lowest BCUT2D eigenvalue weighted by Gasteiger charge is -2.15. The summed E-state index contributed by atoms with van der Waals surface area (Å²) in [7, 11) is 3.37. The standard InChI is InChI=1S/C24H24N4O4S/c1-13-8-14(2)21(15(3)9-13)25-20(29)12-28-22(30)19(33-24(28)32)11-16-6-7-17-18(10-16)27(5)23(31)26(17)4/h6-11H,12H2,1-5H3,(H,25,29)/b19-11+. The summed E-state index contributed by atoms with van der Waals surface area (Å²) in [4.78, 5) is 51.2. The summed E-state index contributed by atoms with van der Waals surface area (Å²) >= 11 is 0.796. The molecule has 0 atom stereocenters. The first-order chi connectivity index (χ1) is 15.6. The predicted molar refractivity (Wildman–Crippen MR) is 130 cm³/mol. The van der Waals surface area contributed by atoms with Gasteiger partial charge in [-0.15, -0.1) is 0 Å². The van der Waals surface area contributed by atoms with Crippen molar-refractivity contribution in [2.75, 3.05) is 11.9 Å². The maximum Gasteiger partial charge on any atom is 0.328 e. The Bertz CT molecular complexity index is 1410. The van der Waals surface area contributed by atoms with Gasteiger partial charge in [-0.2, -0.15) is 0 Å². The molecule has 9 heteroatoms. The van der Waals surface area contributed by atoms with Crippen LogP contribution in [0.3, 0.4) is 0 Å². The molecule has 3 amide bonds. The SMILES string of the molecule is Cc1cc(C)c(NC(=O)CN2C(=O)S/C(=C/c3ccc4c(c3)n(C)c(=O)n4C)C2=O)c(C)c1. The zero-order valence-electron chi connectivity index (χ0n) is 19.1. The minimum atomic E-state index is -0.514. The van der Waals surface area contributed by atoms with E-state index in [1.165, 1.54) is 4.57 Å². The van der Waals surface area contributed by atoms with Crippen molar-refractivity contribution >= 4 is 51.6 Å².